The summed E-state index contributed by atoms with van der Waals surface area (Å²) in [6.07, 6.45) is 0. The monoisotopic (exact) mass is 295 g/mol. The van der Waals surface area contributed by atoms with Gasteiger partial charge in [-0.2, -0.15) is 0 Å². The minimum Gasteiger partial charge on any atom is -0.481 e. The fourth-order valence-electron chi connectivity index (χ4n) is 1.09. The standard InChI is InChI=1S/C10H11ClFNO4S/c1-6(10(14)15)5-13-18(16,17)9-3-2-7(11)4-8(9)12/h2-4,6,13H,5H2,1H3,(H,14,15). The van der Waals surface area contributed by atoms with Gasteiger partial charge in [0.25, 0.3) is 0 Å². The number of carbonyl (C=O) groups is 1. The maximum absolute atomic E-state index is 13.4. The molecule has 0 aliphatic heterocycles. The van der Waals surface area contributed by atoms with Gasteiger partial charge in [-0.05, 0) is 18.2 Å². The first-order valence-corrected chi connectivity index (χ1v) is 6.77. The molecule has 0 radical (unpaired) electrons. The van der Waals surface area contributed by atoms with Crippen LogP contribution >= 0.6 is 11.6 Å². The van der Waals surface area contributed by atoms with E-state index >= 15 is 0 Å². The molecule has 0 spiro atoms. The predicted molar refractivity (Wildman–Crippen MR) is 63.4 cm³/mol. The van der Waals surface area contributed by atoms with Gasteiger partial charge in [0.05, 0.1) is 5.92 Å². The van der Waals surface area contributed by atoms with Gasteiger partial charge in [-0.25, -0.2) is 17.5 Å². The maximum atomic E-state index is 13.4. The Bertz CT molecular complexity index is 561. The van der Waals surface area contributed by atoms with E-state index in [1.807, 2.05) is 4.72 Å². The summed E-state index contributed by atoms with van der Waals surface area (Å²) in [4.78, 5) is 9.97. The zero-order chi connectivity index (χ0) is 13.9. The minimum atomic E-state index is -4.08. The number of hydrogen-bond acceptors (Lipinski definition) is 3. The zero-order valence-corrected chi connectivity index (χ0v) is 10.9. The molecule has 0 bridgehead atoms. The summed E-state index contributed by atoms with van der Waals surface area (Å²) in [6, 6.07) is 3.13. The maximum Gasteiger partial charge on any atom is 0.307 e. The summed E-state index contributed by atoms with van der Waals surface area (Å²) in [5.41, 5.74) is 0. The first-order chi connectivity index (χ1) is 8.24. The molecule has 0 aliphatic carbocycles. The van der Waals surface area contributed by atoms with Crippen LogP contribution in [0.1, 0.15) is 6.92 Å². The van der Waals surface area contributed by atoms with Gasteiger partial charge in [0.2, 0.25) is 10.0 Å². The first kappa shape index (κ1) is 14.9. The quantitative estimate of drug-likeness (QED) is 0.862. The highest BCUT2D eigenvalue weighted by molar-refractivity contribution is 7.89. The van der Waals surface area contributed by atoms with Crippen LogP contribution in [0.15, 0.2) is 23.1 Å². The number of carboxylic acid groups (broad SMARTS) is 1. The summed E-state index contributed by atoms with van der Waals surface area (Å²) < 4.78 is 38.8. The van der Waals surface area contributed by atoms with Crippen molar-refractivity contribution in [2.24, 2.45) is 5.92 Å². The van der Waals surface area contributed by atoms with E-state index in [1.165, 1.54) is 13.0 Å². The molecule has 100 valence electrons. The second-order valence-corrected chi connectivity index (χ2v) is 5.84. The molecular weight excluding hydrogens is 285 g/mol. The Morgan fingerprint density at radius 1 is 1.56 bits per heavy atom. The lowest BCUT2D eigenvalue weighted by Crippen LogP contribution is -2.32. The average Bonchev–Trinajstić information content (AvgIpc) is 2.25. The van der Waals surface area contributed by atoms with Crippen LogP contribution in [-0.4, -0.2) is 26.0 Å². The van der Waals surface area contributed by atoms with Crippen LogP contribution in [0.4, 0.5) is 4.39 Å². The molecule has 0 fully saturated rings. The Morgan fingerprint density at radius 3 is 2.67 bits per heavy atom. The average molecular weight is 296 g/mol. The van der Waals surface area contributed by atoms with Crippen molar-refractivity contribution in [3.05, 3.63) is 29.0 Å². The van der Waals surface area contributed by atoms with Gasteiger partial charge >= 0.3 is 5.97 Å². The van der Waals surface area contributed by atoms with E-state index < -0.39 is 32.6 Å². The minimum absolute atomic E-state index is 0.0744. The lowest BCUT2D eigenvalue weighted by atomic mass is 10.2. The van der Waals surface area contributed by atoms with Crippen LogP contribution in [0.5, 0.6) is 0 Å². The van der Waals surface area contributed by atoms with E-state index in [4.69, 9.17) is 16.7 Å². The van der Waals surface area contributed by atoms with Gasteiger partial charge in [-0.3, -0.25) is 4.79 Å². The predicted octanol–water partition coefficient (Wildman–Crippen LogP) is 1.48. The van der Waals surface area contributed by atoms with Crippen molar-refractivity contribution < 1.29 is 22.7 Å². The molecule has 0 saturated heterocycles. The number of benzene rings is 1. The lowest BCUT2D eigenvalue weighted by molar-refractivity contribution is -0.140. The Morgan fingerprint density at radius 2 is 2.17 bits per heavy atom. The Labute approximate surface area is 109 Å². The SMILES string of the molecule is CC(CNS(=O)(=O)c1ccc(Cl)cc1F)C(=O)O. The third-order valence-electron chi connectivity index (χ3n) is 2.18. The molecule has 5 nitrogen and oxygen atoms in total. The molecule has 1 aromatic carbocycles. The topological polar surface area (TPSA) is 83.5 Å². The van der Waals surface area contributed by atoms with Crippen molar-refractivity contribution in [3.63, 3.8) is 0 Å². The van der Waals surface area contributed by atoms with E-state index in [-0.39, 0.29) is 11.6 Å². The summed E-state index contributed by atoms with van der Waals surface area (Å²) in [7, 11) is -4.08. The van der Waals surface area contributed by atoms with Gasteiger partial charge in [-0.15, -0.1) is 0 Å². The van der Waals surface area contributed by atoms with E-state index in [1.54, 1.807) is 0 Å². The molecule has 0 aliphatic rings. The molecule has 1 aromatic rings. The van der Waals surface area contributed by atoms with Crippen molar-refractivity contribution in [2.45, 2.75) is 11.8 Å². The summed E-state index contributed by atoms with van der Waals surface area (Å²) in [5, 5.41) is 8.69. The van der Waals surface area contributed by atoms with Crippen molar-refractivity contribution in [2.75, 3.05) is 6.54 Å². The van der Waals surface area contributed by atoms with Crippen LogP contribution in [0, 0.1) is 11.7 Å². The van der Waals surface area contributed by atoms with Crippen LogP contribution < -0.4 is 4.72 Å². The lowest BCUT2D eigenvalue weighted by Gasteiger charge is -2.10. The number of hydrogen-bond donors (Lipinski definition) is 2. The summed E-state index contributed by atoms with van der Waals surface area (Å²) >= 11 is 5.50. The van der Waals surface area contributed by atoms with E-state index in [0.717, 1.165) is 12.1 Å². The van der Waals surface area contributed by atoms with Crippen LogP contribution in [0.2, 0.25) is 5.02 Å². The highest BCUT2D eigenvalue weighted by Gasteiger charge is 2.21. The number of nitrogens with one attached hydrogen (secondary N) is 1. The molecule has 18 heavy (non-hydrogen) atoms. The van der Waals surface area contributed by atoms with Gasteiger partial charge in [0.1, 0.15) is 10.7 Å². The second-order valence-electron chi connectivity index (χ2n) is 3.67. The second kappa shape index (κ2) is 5.64. The molecule has 0 aromatic heterocycles. The molecule has 2 N–H and O–H groups in total. The largest absolute Gasteiger partial charge is 0.481 e. The fourth-order valence-corrected chi connectivity index (χ4v) is 2.44. The smallest absolute Gasteiger partial charge is 0.307 e. The number of halogens is 2. The summed E-state index contributed by atoms with van der Waals surface area (Å²) in [5.74, 6) is -3.04. The van der Waals surface area contributed by atoms with Crippen molar-refractivity contribution >= 4 is 27.6 Å². The molecule has 1 atom stereocenters. The fraction of sp³-hybridized carbons (Fsp3) is 0.300. The number of sulfonamides is 1. The third-order valence-corrected chi connectivity index (χ3v) is 3.88. The van der Waals surface area contributed by atoms with Crippen molar-refractivity contribution in [1.82, 2.24) is 4.72 Å². The molecule has 1 unspecified atom stereocenters. The molecular formula is C10H11ClFNO4S. The Hall–Kier alpha value is -1.18. The van der Waals surface area contributed by atoms with Crippen molar-refractivity contribution in [3.8, 4) is 0 Å². The van der Waals surface area contributed by atoms with Crippen LogP contribution in [-0.2, 0) is 14.8 Å². The third kappa shape index (κ3) is 3.66. The highest BCUT2D eigenvalue weighted by atomic mass is 35.5. The van der Waals surface area contributed by atoms with E-state index in [0.29, 0.717) is 0 Å². The Balaban J connectivity index is 2.90. The van der Waals surface area contributed by atoms with Crippen LogP contribution in [0.3, 0.4) is 0 Å². The van der Waals surface area contributed by atoms with Crippen molar-refractivity contribution in [1.29, 1.82) is 0 Å². The Kier molecular flexibility index (Phi) is 4.66. The van der Waals surface area contributed by atoms with E-state index in [9.17, 15) is 17.6 Å². The molecule has 0 amide bonds. The molecule has 8 heteroatoms. The van der Waals surface area contributed by atoms with E-state index in [2.05, 4.69) is 0 Å². The molecule has 0 saturated carbocycles. The number of rotatable bonds is 5. The van der Waals surface area contributed by atoms with Gasteiger partial charge < -0.3 is 5.11 Å². The van der Waals surface area contributed by atoms with Gasteiger partial charge in [0, 0.05) is 11.6 Å². The number of carboxylic acids is 1. The normalized spacial score (nSPS) is 13.3. The number of aliphatic carboxylic acids is 1. The van der Waals surface area contributed by atoms with Crippen LogP contribution in [0.25, 0.3) is 0 Å². The summed E-state index contributed by atoms with van der Waals surface area (Å²) in [6.45, 7) is 1.02. The van der Waals surface area contributed by atoms with Gasteiger partial charge in [0.15, 0.2) is 0 Å². The highest BCUT2D eigenvalue weighted by Crippen LogP contribution is 2.18. The molecule has 1 rings (SSSR count). The van der Waals surface area contributed by atoms with Gasteiger partial charge in [-0.1, -0.05) is 18.5 Å². The molecule has 0 heterocycles. The first-order valence-electron chi connectivity index (χ1n) is 4.91. The zero-order valence-electron chi connectivity index (χ0n) is 9.35.